The number of carbonyl (C=O) groups is 1. The third-order valence-corrected chi connectivity index (χ3v) is 4.62. The van der Waals surface area contributed by atoms with E-state index in [0.29, 0.717) is 5.76 Å². The summed E-state index contributed by atoms with van der Waals surface area (Å²) >= 11 is 0. The highest BCUT2D eigenvalue weighted by molar-refractivity contribution is 7.86. The summed E-state index contributed by atoms with van der Waals surface area (Å²) in [6.07, 6.45) is 2.53. The van der Waals surface area contributed by atoms with Crippen LogP contribution in [0.1, 0.15) is 16.9 Å². The summed E-state index contributed by atoms with van der Waals surface area (Å²) in [6, 6.07) is 17.4. The number of furan rings is 1. The first-order valence-corrected chi connectivity index (χ1v) is 10.7. The molecule has 0 spiro atoms. The van der Waals surface area contributed by atoms with Crippen LogP contribution in [0.3, 0.4) is 0 Å². The minimum Gasteiger partial charge on any atom is -0.467 e. The Kier molecular flexibility index (Phi) is 6.23. The highest BCUT2D eigenvalue weighted by Gasteiger charge is 2.17. The van der Waals surface area contributed by atoms with E-state index in [4.69, 9.17) is 8.60 Å². The van der Waals surface area contributed by atoms with Gasteiger partial charge in [-0.25, -0.2) is 4.79 Å². The van der Waals surface area contributed by atoms with Crippen LogP contribution in [-0.4, -0.2) is 25.6 Å². The highest BCUT2D eigenvalue weighted by Crippen LogP contribution is 2.20. The zero-order valence-corrected chi connectivity index (χ0v) is 17.0. The summed E-state index contributed by atoms with van der Waals surface area (Å²) in [5.74, 6) is 0.829. The number of nitrogens with zero attached hydrogens (tertiary/aromatic N) is 1. The Morgan fingerprint density at radius 1 is 1.07 bits per heavy atom. The molecule has 0 bridgehead atoms. The van der Waals surface area contributed by atoms with Gasteiger partial charge in [0.2, 0.25) is 0 Å². The van der Waals surface area contributed by atoms with Gasteiger partial charge in [0.05, 0.1) is 19.1 Å². The first-order chi connectivity index (χ1) is 13.8. The van der Waals surface area contributed by atoms with E-state index in [1.54, 1.807) is 47.6 Å². The molecule has 0 saturated carbocycles. The number of anilines is 1. The molecular formula is C21H22N2O5S. The second kappa shape index (κ2) is 8.83. The number of hydrogen-bond donors (Lipinski definition) is 1. The Morgan fingerprint density at radius 2 is 1.86 bits per heavy atom. The minimum absolute atomic E-state index is 0.197. The molecule has 0 unspecified atom stereocenters. The van der Waals surface area contributed by atoms with Gasteiger partial charge in [0.25, 0.3) is 0 Å². The Bertz CT molecular complexity index is 1080. The van der Waals surface area contributed by atoms with Gasteiger partial charge in [0.15, 0.2) is 0 Å². The van der Waals surface area contributed by atoms with Crippen molar-refractivity contribution in [3.05, 3.63) is 83.8 Å². The molecule has 2 aromatic carbocycles. The molecule has 1 N–H and O–H groups in total. The number of carbonyl (C=O) groups excluding carboxylic acids is 1. The van der Waals surface area contributed by atoms with E-state index in [0.717, 1.165) is 23.1 Å². The van der Waals surface area contributed by atoms with Gasteiger partial charge < -0.3 is 18.8 Å². The first-order valence-electron chi connectivity index (χ1n) is 8.92. The Hall–Kier alpha value is -3.26. The summed E-state index contributed by atoms with van der Waals surface area (Å²) in [6.45, 7) is 2.40. The van der Waals surface area contributed by atoms with Crippen LogP contribution in [0.25, 0.3) is 0 Å². The smallest absolute Gasteiger partial charge is 0.322 e. The lowest BCUT2D eigenvalue weighted by molar-refractivity contribution is 0.201. The van der Waals surface area contributed by atoms with Gasteiger partial charge in [-0.2, -0.15) is 8.42 Å². The van der Waals surface area contributed by atoms with E-state index >= 15 is 0 Å². The van der Waals surface area contributed by atoms with Crippen molar-refractivity contribution in [1.29, 1.82) is 0 Å². The van der Waals surface area contributed by atoms with Crippen molar-refractivity contribution in [3.63, 3.8) is 0 Å². The van der Waals surface area contributed by atoms with E-state index in [9.17, 15) is 13.2 Å². The fourth-order valence-corrected chi connectivity index (χ4v) is 3.24. The summed E-state index contributed by atoms with van der Waals surface area (Å²) in [5, 5.41) is 2.91. The second-order valence-electron chi connectivity index (χ2n) is 6.62. The second-order valence-corrected chi connectivity index (χ2v) is 8.19. The number of aryl methyl sites for hydroxylation is 1. The fourth-order valence-electron chi connectivity index (χ4n) is 2.79. The molecule has 0 aliphatic rings. The van der Waals surface area contributed by atoms with E-state index in [2.05, 4.69) is 5.32 Å². The molecule has 0 aliphatic heterocycles. The molecule has 29 heavy (non-hydrogen) atoms. The normalized spacial score (nSPS) is 11.1. The Balaban J connectivity index is 1.81. The van der Waals surface area contributed by atoms with Crippen LogP contribution in [-0.2, 0) is 23.2 Å². The van der Waals surface area contributed by atoms with Crippen molar-refractivity contribution >= 4 is 21.8 Å². The SMILES string of the molecule is Cc1ccccc1NC(=O)N(Cc1cccc(OS(C)(=O)=O)c1)Cc1ccco1. The molecule has 0 radical (unpaired) electrons. The number of nitrogens with one attached hydrogen (secondary N) is 1. The molecule has 1 heterocycles. The molecule has 8 heteroatoms. The number of amides is 2. The molecule has 7 nitrogen and oxygen atoms in total. The van der Waals surface area contributed by atoms with Crippen molar-refractivity contribution in [2.45, 2.75) is 20.0 Å². The van der Waals surface area contributed by atoms with Crippen LogP contribution in [0.2, 0.25) is 0 Å². The maximum Gasteiger partial charge on any atom is 0.322 e. The van der Waals surface area contributed by atoms with E-state index in [1.165, 1.54) is 0 Å². The van der Waals surface area contributed by atoms with Crippen LogP contribution < -0.4 is 9.50 Å². The zero-order chi connectivity index (χ0) is 20.9. The van der Waals surface area contributed by atoms with E-state index < -0.39 is 10.1 Å². The molecule has 0 saturated heterocycles. The van der Waals surface area contributed by atoms with Crippen molar-refractivity contribution in [2.24, 2.45) is 0 Å². The molecule has 0 fully saturated rings. The lowest BCUT2D eigenvalue weighted by atomic mass is 10.2. The summed E-state index contributed by atoms with van der Waals surface area (Å²) in [7, 11) is -3.63. The van der Waals surface area contributed by atoms with Crippen molar-refractivity contribution in [1.82, 2.24) is 4.90 Å². The summed E-state index contributed by atoms with van der Waals surface area (Å²) in [5.41, 5.74) is 2.39. The number of benzene rings is 2. The van der Waals surface area contributed by atoms with Gasteiger partial charge in [-0.15, -0.1) is 0 Å². The zero-order valence-electron chi connectivity index (χ0n) is 16.2. The van der Waals surface area contributed by atoms with Gasteiger partial charge in [-0.3, -0.25) is 0 Å². The molecule has 0 atom stereocenters. The van der Waals surface area contributed by atoms with Crippen LogP contribution in [0.4, 0.5) is 10.5 Å². The predicted octanol–water partition coefficient (Wildman–Crippen LogP) is 4.16. The van der Waals surface area contributed by atoms with Crippen molar-refractivity contribution in [2.75, 3.05) is 11.6 Å². The van der Waals surface area contributed by atoms with Gasteiger partial charge in [0.1, 0.15) is 11.5 Å². The average Bonchev–Trinajstić information content (AvgIpc) is 3.15. The van der Waals surface area contributed by atoms with E-state index in [1.807, 2.05) is 31.2 Å². The average molecular weight is 414 g/mol. The number of urea groups is 1. The number of rotatable bonds is 7. The van der Waals surface area contributed by atoms with Gasteiger partial charge in [-0.1, -0.05) is 30.3 Å². The minimum atomic E-state index is -3.63. The lowest BCUT2D eigenvalue weighted by Crippen LogP contribution is -2.34. The van der Waals surface area contributed by atoms with Crippen LogP contribution in [0.15, 0.2) is 71.3 Å². The third kappa shape index (κ3) is 6.11. The highest BCUT2D eigenvalue weighted by atomic mass is 32.2. The van der Waals surface area contributed by atoms with Crippen LogP contribution in [0.5, 0.6) is 5.75 Å². The monoisotopic (exact) mass is 414 g/mol. The molecule has 152 valence electrons. The molecular weight excluding hydrogens is 392 g/mol. The Labute approximate surface area is 170 Å². The fraction of sp³-hybridized carbons (Fsp3) is 0.190. The molecule has 1 aromatic heterocycles. The van der Waals surface area contributed by atoms with Gasteiger partial charge in [-0.05, 0) is 48.4 Å². The molecule has 0 aliphatic carbocycles. The third-order valence-electron chi connectivity index (χ3n) is 4.12. The topological polar surface area (TPSA) is 88.9 Å². The van der Waals surface area contributed by atoms with Crippen molar-refractivity contribution in [3.8, 4) is 5.75 Å². The lowest BCUT2D eigenvalue weighted by Gasteiger charge is -2.23. The number of para-hydroxylation sites is 1. The Morgan fingerprint density at radius 3 is 2.55 bits per heavy atom. The largest absolute Gasteiger partial charge is 0.467 e. The molecule has 2 amide bonds. The maximum atomic E-state index is 13.0. The first kappa shape index (κ1) is 20.5. The predicted molar refractivity (Wildman–Crippen MR) is 110 cm³/mol. The van der Waals surface area contributed by atoms with Gasteiger partial charge in [0, 0.05) is 12.2 Å². The van der Waals surface area contributed by atoms with Crippen LogP contribution in [0, 0.1) is 6.92 Å². The van der Waals surface area contributed by atoms with Crippen LogP contribution >= 0.6 is 0 Å². The maximum absolute atomic E-state index is 13.0. The molecule has 3 rings (SSSR count). The standard InChI is InChI=1S/C21H22N2O5S/c1-16-7-3-4-11-20(16)22-21(24)23(15-19-10-6-12-27-19)14-17-8-5-9-18(13-17)28-29(2,25)26/h3-13H,14-15H2,1-2H3,(H,22,24). The van der Waals surface area contributed by atoms with E-state index in [-0.39, 0.29) is 24.9 Å². The molecule has 3 aromatic rings. The summed E-state index contributed by atoms with van der Waals surface area (Å²) in [4.78, 5) is 14.5. The van der Waals surface area contributed by atoms with Gasteiger partial charge >= 0.3 is 16.1 Å². The van der Waals surface area contributed by atoms with Crippen molar-refractivity contribution < 1.29 is 21.8 Å². The quantitative estimate of drug-likeness (QED) is 0.587. The summed E-state index contributed by atoms with van der Waals surface area (Å²) < 4.78 is 33.1. The number of hydrogen-bond acceptors (Lipinski definition) is 5.